The number of rotatable bonds is 1. The second-order valence-corrected chi connectivity index (χ2v) is 4.52. The zero-order valence-electron chi connectivity index (χ0n) is 10.0. The van der Waals surface area contributed by atoms with Crippen LogP contribution >= 0.6 is 0 Å². The Kier molecular flexibility index (Phi) is 2.16. The number of aromatic nitrogens is 2. The van der Waals surface area contributed by atoms with Crippen LogP contribution in [0.15, 0.2) is 36.7 Å². The highest BCUT2D eigenvalue weighted by molar-refractivity contribution is 6.07. The van der Waals surface area contributed by atoms with E-state index in [1.165, 1.54) is 21.8 Å². The fourth-order valence-electron chi connectivity index (χ4n) is 2.35. The zero-order chi connectivity index (χ0) is 12.0. The third-order valence-corrected chi connectivity index (χ3v) is 3.36. The Morgan fingerprint density at radius 2 is 2.00 bits per heavy atom. The van der Waals surface area contributed by atoms with Crippen LogP contribution in [0.4, 0.5) is 0 Å². The van der Waals surface area contributed by atoms with E-state index in [2.05, 4.69) is 34.8 Å². The number of benzene rings is 1. The number of aryl methyl sites for hydroxylation is 1. The lowest BCUT2D eigenvalue weighted by Gasteiger charge is -2.06. The van der Waals surface area contributed by atoms with Crippen LogP contribution in [0.2, 0.25) is 0 Å². The molecular formula is C14H15N3. The van der Waals surface area contributed by atoms with Crippen LogP contribution in [-0.2, 0) is 7.05 Å². The van der Waals surface area contributed by atoms with Crippen molar-refractivity contribution >= 4 is 21.8 Å². The van der Waals surface area contributed by atoms with Gasteiger partial charge in [0.2, 0.25) is 0 Å². The number of pyridine rings is 1. The molecule has 3 heteroatoms. The molecule has 0 spiro atoms. The first-order chi connectivity index (χ1) is 8.18. The molecule has 3 nitrogen and oxygen atoms in total. The Labute approximate surface area is 99.9 Å². The topological polar surface area (TPSA) is 43.8 Å². The fraction of sp³-hybridized carbons (Fsp3) is 0.214. The van der Waals surface area contributed by atoms with Crippen LogP contribution in [-0.4, -0.2) is 9.55 Å². The average molecular weight is 225 g/mol. The van der Waals surface area contributed by atoms with Crippen molar-refractivity contribution in [2.45, 2.75) is 13.0 Å². The lowest BCUT2D eigenvalue weighted by Crippen LogP contribution is -2.04. The molecular weight excluding hydrogens is 210 g/mol. The van der Waals surface area contributed by atoms with Gasteiger partial charge < -0.3 is 10.3 Å². The summed E-state index contributed by atoms with van der Waals surface area (Å²) < 4.78 is 2.19. The van der Waals surface area contributed by atoms with Crippen molar-refractivity contribution in [3.05, 3.63) is 42.2 Å². The Balaban J connectivity index is 2.45. The third kappa shape index (κ3) is 1.43. The van der Waals surface area contributed by atoms with E-state index in [9.17, 15) is 0 Å². The minimum atomic E-state index is 0.0653. The van der Waals surface area contributed by atoms with Crippen molar-refractivity contribution in [1.29, 1.82) is 0 Å². The minimum absolute atomic E-state index is 0.0653. The molecule has 2 N–H and O–H groups in total. The molecule has 0 saturated carbocycles. The molecule has 1 atom stereocenters. The van der Waals surface area contributed by atoms with Crippen LogP contribution in [0, 0.1) is 0 Å². The highest BCUT2D eigenvalue weighted by atomic mass is 14.9. The molecule has 2 heterocycles. The van der Waals surface area contributed by atoms with Gasteiger partial charge in [-0.2, -0.15) is 0 Å². The first-order valence-corrected chi connectivity index (χ1v) is 5.76. The highest BCUT2D eigenvalue weighted by Crippen LogP contribution is 2.28. The molecule has 17 heavy (non-hydrogen) atoms. The number of nitrogens with zero attached hydrogens (tertiary/aromatic N) is 2. The molecule has 86 valence electrons. The van der Waals surface area contributed by atoms with Gasteiger partial charge >= 0.3 is 0 Å². The highest BCUT2D eigenvalue weighted by Gasteiger charge is 2.09. The van der Waals surface area contributed by atoms with Gasteiger partial charge in [0.1, 0.15) is 0 Å². The van der Waals surface area contributed by atoms with Gasteiger partial charge in [-0.15, -0.1) is 0 Å². The SMILES string of the molecule is CC(N)c1ccc2c3cnccc3n(C)c2c1. The third-order valence-electron chi connectivity index (χ3n) is 3.36. The fourth-order valence-corrected chi connectivity index (χ4v) is 2.35. The second kappa shape index (κ2) is 3.57. The Hall–Kier alpha value is -1.87. The van der Waals surface area contributed by atoms with E-state index >= 15 is 0 Å². The summed E-state index contributed by atoms with van der Waals surface area (Å²) in [5.74, 6) is 0. The molecule has 1 aromatic carbocycles. The first-order valence-electron chi connectivity index (χ1n) is 5.76. The molecule has 1 unspecified atom stereocenters. The summed E-state index contributed by atoms with van der Waals surface area (Å²) in [7, 11) is 2.08. The molecule has 0 aliphatic carbocycles. The predicted octanol–water partition coefficient (Wildman–Crippen LogP) is 2.75. The maximum absolute atomic E-state index is 5.93. The number of fused-ring (bicyclic) bond motifs is 3. The monoisotopic (exact) mass is 225 g/mol. The summed E-state index contributed by atoms with van der Waals surface area (Å²) in [6.45, 7) is 2.01. The van der Waals surface area contributed by atoms with Gasteiger partial charge in [0, 0.05) is 41.8 Å². The van der Waals surface area contributed by atoms with E-state index in [1.54, 1.807) is 0 Å². The van der Waals surface area contributed by atoms with Crippen LogP contribution in [0.5, 0.6) is 0 Å². The zero-order valence-corrected chi connectivity index (χ0v) is 10.0. The predicted molar refractivity (Wildman–Crippen MR) is 70.8 cm³/mol. The molecule has 0 aliphatic heterocycles. The summed E-state index contributed by atoms with van der Waals surface area (Å²) in [6, 6.07) is 8.51. The quantitative estimate of drug-likeness (QED) is 0.692. The van der Waals surface area contributed by atoms with Crippen molar-refractivity contribution < 1.29 is 0 Å². The van der Waals surface area contributed by atoms with E-state index in [0.29, 0.717) is 0 Å². The van der Waals surface area contributed by atoms with Crippen molar-refractivity contribution in [2.24, 2.45) is 12.8 Å². The molecule has 3 rings (SSSR count). The molecule has 0 fully saturated rings. The summed E-state index contributed by atoms with van der Waals surface area (Å²) in [5.41, 5.74) is 9.51. The van der Waals surface area contributed by atoms with Gasteiger partial charge in [0.25, 0.3) is 0 Å². The molecule has 0 radical (unpaired) electrons. The smallest absolute Gasteiger partial charge is 0.0519 e. The molecule has 0 aliphatic rings. The Morgan fingerprint density at radius 3 is 2.76 bits per heavy atom. The van der Waals surface area contributed by atoms with Crippen molar-refractivity contribution in [2.75, 3.05) is 0 Å². The number of hydrogen-bond acceptors (Lipinski definition) is 2. The summed E-state index contributed by atoms with van der Waals surface area (Å²) >= 11 is 0. The minimum Gasteiger partial charge on any atom is -0.344 e. The van der Waals surface area contributed by atoms with Crippen molar-refractivity contribution in [1.82, 2.24) is 9.55 Å². The summed E-state index contributed by atoms with van der Waals surface area (Å²) in [5, 5.41) is 2.43. The molecule has 0 saturated heterocycles. The van der Waals surface area contributed by atoms with Gasteiger partial charge in [-0.05, 0) is 24.6 Å². The van der Waals surface area contributed by atoms with E-state index in [-0.39, 0.29) is 6.04 Å². The lowest BCUT2D eigenvalue weighted by molar-refractivity contribution is 0.818. The van der Waals surface area contributed by atoms with Crippen LogP contribution in [0.25, 0.3) is 21.8 Å². The van der Waals surface area contributed by atoms with E-state index < -0.39 is 0 Å². The Bertz CT molecular complexity index is 695. The van der Waals surface area contributed by atoms with E-state index in [0.717, 1.165) is 5.56 Å². The maximum Gasteiger partial charge on any atom is 0.0519 e. The average Bonchev–Trinajstić information content (AvgIpc) is 2.64. The lowest BCUT2D eigenvalue weighted by atomic mass is 10.1. The Morgan fingerprint density at radius 1 is 1.18 bits per heavy atom. The van der Waals surface area contributed by atoms with E-state index in [1.807, 2.05) is 25.4 Å². The van der Waals surface area contributed by atoms with Gasteiger partial charge in [-0.1, -0.05) is 12.1 Å². The summed E-state index contributed by atoms with van der Waals surface area (Å²) in [4.78, 5) is 4.20. The van der Waals surface area contributed by atoms with Crippen LogP contribution in [0.3, 0.4) is 0 Å². The normalized spacial score (nSPS) is 13.4. The molecule has 0 amide bonds. The molecule has 2 aromatic heterocycles. The maximum atomic E-state index is 5.93. The van der Waals surface area contributed by atoms with Crippen molar-refractivity contribution in [3.63, 3.8) is 0 Å². The van der Waals surface area contributed by atoms with Gasteiger partial charge in [-0.3, -0.25) is 4.98 Å². The van der Waals surface area contributed by atoms with Crippen molar-refractivity contribution in [3.8, 4) is 0 Å². The van der Waals surface area contributed by atoms with Gasteiger partial charge in [0.15, 0.2) is 0 Å². The van der Waals surface area contributed by atoms with Crippen LogP contribution in [0.1, 0.15) is 18.5 Å². The summed E-state index contributed by atoms with van der Waals surface area (Å²) in [6.07, 6.45) is 3.75. The van der Waals surface area contributed by atoms with Gasteiger partial charge in [-0.25, -0.2) is 0 Å². The number of nitrogens with two attached hydrogens (primary N) is 1. The standard InChI is InChI=1S/C14H15N3/c1-9(15)10-3-4-11-12-8-16-6-5-13(12)17(2)14(11)7-10/h3-9H,15H2,1-2H3. The van der Waals surface area contributed by atoms with Crippen LogP contribution < -0.4 is 5.73 Å². The first kappa shape index (κ1) is 10.3. The largest absolute Gasteiger partial charge is 0.344 e. The van der Waals surface area contributed by atoms with E-state index in [4.69, 9.17) is 5.73 Å². The molecule has 0 bridgehead atoms. The number of hydrogen-bond donors (Lipinski definition) is 1. The van der Waals surface area contributed by atoms with Gasteiger partial charge in [0.05, 0.1) is 5.52 Å². The second-order valence-electron chi connectivity index (χ2n) is 4.52. The molecule has 3 aromatic rings.